The molecule has 0 radical (unpaired) electrons. The molecule has 0 saturated heterocycles. The van der Waals surface area contributed by atoms with Crippen molar-refractivity contribution in [3.63, 3.8) is 0 Å². The van der Waals surface area contributed by atoms with Gasteiger partial charge >= 0.3 is 5.97 Å². The van der Waals surface area contributed by atoms with Gasteiger partial charge in [0.2, 0.25) is 11.0 Å². The topological polar surface area (TPSA) is 96.2 Å². The highest BCUT2D eigenvalue weighted by Gasteiger charge is 2.18. The summed E-state index contributed by atoms with van der Waals surface area (Å²) in [5.41, 5.74) is 4.63. The average Bonchev–Trinajstić information content (AvgIpc) is 3.43. The van der Waals surface area contributed by atoms with E-state index in [0.29, 0.717) is 40.5 Å². The van der Waals surface area contributed by atoms with Gasteiger partial charge in [-0.1, -0.05) is 77.6 Å². The number of anilines is 2. The van der Waals surface area contributed by atoms with Crippen molar-refractivity contribution in [2.75, 3.05) is 29.9 Å². The Morgan fingerprint density at radius 1 is 0.977 bits per heavy atom. The summed E-state index contributed by atoms with van der Waals surface area (Å²) in [6.07, 6.45) is 9.16. The molecule has 44 heavy (non-hydrogen) atoms. The number of nitrogens with zero attached hydrogens (tertiary/aromatic N) is 4. The van der Waals surface area contributed by atoms with E-state index in [4.69, 9.17) is 4.74 Å². The van der Waals surface area contributed by atoms with E-state index in [1.807, 2.05) is 24.3 Å². The zero-order chi connectivity index (χ0) is 32.1. The maximum absolute atomic E-state index is 12.8. The van der Waals surface area contributed by atoms with E-state index in [-0.39, 0.29) is 11.9 Å². The number of ether oxygens (including phenoxy) is 1. The van der Waals surface area contributed by atoms with Crippen LogP contribution in [0.15, 0.2) is 40.6 Å². The lowest BCUT2D eigenvalue weighted by atomic mass is 9.98. The van der Waals surface area contributed by atoms with Crippen LogP contribution >= 0.6 is 11.3 Å². The predicted molar refractivity (Wildman–Crippen MR) is 184 cm³/mol. The van der Waals surface area contributed by atoms with Gasteiger partial charge in [0.15, 0.2) is 0 Å². The summed E-state index contributed by atoms with van der Waals surface area (Å²) >= 11 is 1.36. The van der Waals surface area contributed by atoms with Gasteiger partial charge in [-0.15, -0.1) is 10.2 Å². The Bertz CT molecular complexity index is 1400. The third-order valence-electron chi connectivity index (χ3n) is 8.22. The number of unbranched alkanes of at least 4 members (excludes halogenated alkanes) is 2. The molecule has 0 spiro atoms. The Morgan fingerprint density at radius 3 is 2.32 bits per heavy atom. The van der Waals surface area contributed by atoms with E-state index in [1.165, 1.54) is 37.5 Å². The second-order valence-electron chi connectivity index (χ2n) is 11.7. The lowest BCUT2D eigenvalue weighted by molar-refractivity contribution is -0.114. The summed E-state index contributed by atoms with van der Waals surface area (Å²) < 4.78 is 6.48. The van der Waals surface area contributed by atoms with Crippen LogP contribution in [0.25, 0.3) is 10.2 Å². The second kappa shape index (κ2) is 17.8. The number of thiazole rings is 1. The van der Waals surface area contributed by atoms with Crippen molar-refractivity contribution in [1.82, 2.24) is 4.98 Å². The molecule has 240 valence electrons. The number of amides is 1. The lowest BCUT2D eigenvalue weighted by Gasteiger charge is -2.30. The summed E-state index contributed by atoms with van der Waals surface area (Å²) in [6.45, 7) is 16.9. The van der Waals surface area contributed by atoms with Crippen molar-refractivity contribution < 1.29 is 14.3 Å². The standard InChI is InChI=1S/C35H51N5O3S/c1-8-13-15-26(10-3)22-40(12-5)32-21-30(36-25(7)41)31(19-24(32)6)38-39-35-37-29-18-17-28(20-33(29)44-35)34(42)43-23-27(11-4)16-14-9-2/h17-21,26-27H,8-16,22-23H2,1-7H3,(H,36,41). The van der Waals surface area contributed by atoms with Crippen LogP contribution in [0.3, 0.4) is 0 Å². The maximum atomic E-state index is 12.8. The number of hydrogen-bond donors (Lipinski definition) is 1. The number of nitrogens with one attached hydrogen (secondary N) is 1. The number of rotatable bonds is 18. The second-order valence-corrected chi connectivity index (χ2v) is 12.7. The van der Waals surface area contributed by atoms with Gasteiger partial charge in [-0.25, -0.2) is 9.78 Å². The van der Waals surface area contributed by atoms with Gasteiger partial charge in [-0.2, -0.15) is 0 Å². The van der Waals surface area contributed by atoms with Gasteiger partial charge in [-0.3, -0.25) is 4.79 Å². The van der Waals surface area contributed by atoms with Crippen LogP contribution in [-0.4, -0.2) is 36.6 Å². The number of esters is 1. The van der Waals surface area contributed by atoms with Crippen molar-refractivity contribution in [2.24, 2.45) is 22.1 Å². The molecule has 3 rings (SSSR count). The van der Waals surface area contributed by atoms with Gasteiger partial charge in [0.05, 0.1) is 28.1 Å². The first-order valence-corrected chi connectivity index (χ1v) is 17.2. The van der Waals surface area contributed by atoms with Crippen molar-refractivity contribution >= 4 is 55.6 Å². The Balaban J connectivity index is 1.81. The molecule has 0 aliphatic rings. The van der Waals surface area contributed by atoms with Crippen LogP contribution in [0.2, 0.25) is 0 Å². The molecule has 0 fully saturated rings. The molecular formula is C35H51N5O3S. The van der Waals surface area contributed by atoms with E-state index in [9.17, 15) is 9.59 Å². The molecule has 0 aliphatic heterocycles. The number of carbonyl (C=O) groups excluding carboxylic acids is 2. The van der Waals surface area contributed by atoms with Gasteiger partial charge in [0.25, 0.3) is 0 Å². The molecule has 9 heteroatoms. The minimum atomic E-state index is -0.314. The number of azo groups is 1. The summed E-state index contributed by atoms with van der Waals surface area (Å²) in [7, 11) is 0. The summed E-state index contributed by atoms with van der Waals surface area (Å²) in [4.78, 5) is 31.9. The van der Waals surface area contributed by atoms with Crippen molar-refractivity contribution in [1.29, 1.82) is 0 Å². The van der Waals surface area contributed by atoms with Gasteiger partial charge in [-0.05, 0) is 74.4 Å². The van der Waals surface area contributed by atoms with E-state index in [2.05, 4.69) is 67.0 Å². The smallest absolute Gasteiger partial charge is 0.338 e. The van der Waals surface area contributed by atoms with Crippen molar-refractivity contribution in [2.45, 2.75) is 99.8 Å². The van der Waals surface area contributed by atoms with Crippen LogP contribution in [0.1, 0.15) is 109 Å². The largest absolute Gasteiger partial charge is 0.462 e. The zero-order valence-corrected chi connectivity index (χ0v) is 28.6. The Labute approximate surface area is 267 Å². The monoisotopic (exact) mass is 621 g/mol. The van der Waals surface area contributed by atoms with Crippen LogP contribution < -0.4 is 10.2 Å². The maximum Gasteiger partial charge on any atom is 0.338 e. The SMILES string of the molecule is CCCCC(CC)COC(=O)c1ccc2nc(N=Nc3cc(C)c(N(CC)CC(CC)CCCC)cc3NC(C)=O)sc2c1. The summed E-state index contributed by atoms with van der Waals surface area (Å²) in [6, 6.07) is 9.38. The number of aryl methyl sites for hydroxylation is 1. The fourth-order valence-electron chi connectivity index (χ4n) is 5.38. The highest BCUT2D eigenvalue weighted by Crippen LogP contribution is 2.37. The van der Waals surface area contributed by atoms with E-state index < -0.39 is 0 Å². The molecule has 1 heterocycles. The van der Waals surface area contributed by atoms with Crippen molar-refractivity contribution in [3.8, 4) is 0 Å². The van der Waals surface area contributed by atoms with Gasteiger partial charge < -0.3 is 15.0 Å². The molecule has 0 aliphatic carbocycles. The number of hydrogen-bond acceptors (Lipinski definition) is 8. The first kappa shape index (κ1) is 35.2. The highest BCUT2D eigenvalue weighted by molar-refractivity contribution is 7.21. The summed E-state index contributed by atoms with van der Waals surface area (Å²) in [5, 5.41) is 12.4. The van der Waals surface area contributed by atoms with Crippen LogP contribution in [0, 0.1) is 18.8 Å². The van der Waals surface area contributed by atoms with Crippen LogP contribution in [0.5, 0.6) is 0 Å². The average molecular weight is 622 g/mol. The van der Waals surface area contributed by atoms with Crippen LogP contribution in [-0.2, 0) is 9.53 Å². The minimum absolute atomic E-state index is 0.163. The fourth-order valence-corrected chi connectivity index (χ4v) is 6.20. The molecule has 1 aromatic heterocycles. The molecule has 2 unspecified atom stereocenters. The molecule has 0 bridgehead atoms. The third kappa shape index (κ3) is 10.1. The normalized spacial score (nSPS) is 12.9. The number of carbonyl (C=O) groups is 2. The molecule has 0 saturated carbocycles. The van der Waals surface area contributed by atoms with Gasteiger partial charge in [0.1, 0.15) is 5.69 Å². The van der Waals surface area contributed by atoms with Gasteiger partial charge in [0, 0.05) is 25.7 Å². The first-order valence-electron chi connectivity index (χ1n) is 16.4. The molecule has 1 N–H and O–H groups in total. The Morgan fingerprint density at radius 2 is 1.68 bits per heavy atom. The molecule has 2 aromatic carbocycles. The van der Waals surface area contributed by atoms with E-state index in [1.54, 1.807) is 6.07 Å². The summed E-state index contributed by atoms with van der Waals surface area (Å²) in [5.74, 6) is 0.537. The highest BCUT2D eigenvalue weighted by atomic mass is 32.1. The molecule has 8 nitrogen and oxygen atoms in total. The van der Waals surface area contributed by atoms with E-state index >= 15 is 0 Å². The molecule has 1 amide bonds. The predicted octanol–water partition coefficient (Wildman–Crippen LogP) is 10.4. The molecule has 2 atom stereocenters. The Kier molecular flexibility index (Phi) is 14.2. The first-order chi connectivity index (χ1) is 21.2. The fraction of sp³-hybridized carbons (Fsp3) is 0.571. The van der Waals surface area contributed by atoms with E-state index in [0.717, 1.165) is 66.7 Å². The quantitative estimate of drug-likeness (QED) is 0.113. The molecule has 3 aromatic rings. The lowest BCUT2D eigenvalue weighted by Crippen LogP contribution is -2.30. The van der Waals surface area contributed by atoms with Crippen LogP contribution in [0.4, 0.5) is 22.2 Å². The van der Waals surface area contributed by atoms with Crippen molar-refractivity contribution in [3.05, 3.63) is 41.5 Å². The number of benzene rings is 2. The number of aromatic nitrogens is 1. The Hall–Kier alpha value is -3.33. The number of fused-ring (bicyclic) bond motifs is 1. The minimum Gasteiger partial charge on any atom is -0.462 e. The third-order valence-corrected chi connectivity index (χ3v) is 9.12. The zero-order valence-electron chi connectivity index (χ0n) is 27.7. The molecular weight excluding hydrogens is 570 g/mol.